The van der Waals surface area contributed by atoms with Crippen molar-refractivity contribution in [3.63, 3.8) is 0 Å². The van der Waals surface area contributed by atoms with Crippen LogP contribution in [0.3, 0.4) is 0 Å². The summed E-state index contributed by atoms with van der Waals surface area (Å²) in [5.74, 6) is -0.833. The molecule has 0 fully saturated rings. The number of hydrogen-bond acceptors (Lipinski definition) is 5. The Morgan fingerprint density at radius 1 is 1.07 bits per heavy atom. The van der Waals surface area contributed by atoms with Crippen molar-refractivity contribution in [3.05, 3.63) is 75.8 Å². The smallest absolute Gasteiger partial charge is 0.308 e. The highest BCUT2D eigenvalue weighted by Gasteiger charge is 2.22. The second kappa shape index (κ2) is 9.47. The standard InChI is InChI=1S/C20H22N2O5/c1-14(2)27-20(24)13-17(15-8-4-3-5-9-15)21-19(23)12-16-10-6-7-11-18(16)22(25)26/h3-11,14,17H,12-13H2,1-2H3,(H,21,23). The molecule has 0 saturated heterocycles. The number of nitrogens with zero attached hydrogens (tertiary/aromatic N) is 1. The Labute approximate surface area is 157 Å². The van der Waals surface area contributed by atoms with Crippen LogP contribution in [-0.2, 0) is 20.7 Å². The predicted octanol–water partition coefficient (Wildman–Crippen LogP) is 3.34. The number of esters is 1. The van der Waals surface area contributed by atoms with Gasteiger partial charge in [-0.25, -0.2) is 0 Å². The summed E-state index contributed by atoms with van der Waals surface area (Å²) < 4.78 is 5.17. The molecule has 142 valence electrons. The maximum absolute atomic E-state index is 12.5. The molecular formula is C20H22N2O5. The van der Waals surface area contributed by atoms with Gasteiger partial charge in [0, 0.05) is 11.6 Å². The molecule has 0 bridgehead atoms. The zero-order chi connectivity index (χ0) is 19.8. The highest BCUT2D eigenvalue weighted by molar-refractivity contribution is 5.81. The van der Waals surface area contributed by atoms with Crippen molar-refractivity contribution in [1.82, 2.24) is 5.32 Å². The fraction of sp³-hybridized carbons (Fsp3) is 0.300. The van der Waals surface area contributed by atoms with E-state index in [1.165, 1.54) is 6.07 Å². The van der Waals surface area contributed by atoms with Crippen LogP contribution in [-0.4, -0.2) is 22.9 Å². The van der Waals surface area contributed by atoms with Crippen molar-refractivity contribution in [2.24, 2.45) is 0 Å². The SMILES string of the molecule is CC(C)OC(=O)CC(NC(=O)Cc1ccccc1[N+](=O)[O-])c1ccccc1. The lowest BCUT2D eigenvalue weighted by Gasteiger charge is -2.19. The van der Waals surface area contributed by atoms with Crippen molar-refractivity contribution in [2.75, 3.05) is 0 Å². The molecule has 1 N–H and O–H groups in total. The molecule has 0 saturated carbocycles. The minimum atomic E-state index is -0.576. The molecular weight excluding hydrogens is 348 g/mol. The molecule has 7 heteroatoms. The molecule has 0 aromatic heterocycles. The molecule has 2 aromatic carbocycles. The van der Waals surface area contributed by atoms with E-state index in [4.69, 9.17) is 4.74 Å². The lowest BCUT2D eigenvalue weighted by atomic mass is 10.0. The quantitative estimate of drug-likeness (QED) is 0.436. The van der Waals surface area contributed by atoms with Gasteiger partial charge in [0.15, 0.2) is 0 Å². The molecule has 0 heterocycles. The van der Waals surface area contributed by atoms with Crippen LogP contribution in [0.15, 0.2) is 54.6 Å². The molecule has 2 rings (SSSR count). The molecule has 7 nitrogen and oxygen atoms in total. The Hall–Kier alpha value is -3.22. The molecule has 0 radical (unpaired) electrons. The van der Waals surface area contributed by atoms with Gasteiger partial charge >= 0.3 is 5.97 Å². The van der Waals surface area contributed by atoms with Crippen molar-refractivity contribution in [2.45, 2.75) is 38.8 Å². The predicted molar refractivity (Wildman–Crippen MR) is 100.0 cm³/mol. The topological polar surface area (TPSA) is 98.5 Å². The summed E-state index contributed by atoms with van der Waals surface area (Å²) in [6.07, 6.45) is -0.429. The molecule has 27 heavy (non-hydrogen) atoms. The minimum absolute atomic E-state index is 0.0230. The third-order valence-corrected chi connectivity index (χ3v) is 3.81. The second-order valence-electron chi connectivity index (χ2n) is 6.34. The number of nitro benzene ring substituents is 1. The number of nitrogens with one attached hydrogen (secondary N) is 1. The van der Waals surface area contributed by atoms with Crippen molar-refractivity contribution < 1.29 is 19.2 Å². The van der Waals surface area contributed by atoms with E-state index in [0.29, 0.717) is 5.56 Å². The maximum atomic E-state index is 12.5. The Morgan fingerprint density at radius 3 is 2.33 bits per heavy atom. The van der Waals surface area contributed by atoms with E-state index in [2.05, 4.69) is 5.32 Å². The summed E-state index contributed by atoms with van der Waals surface area (Å²) in [6.45, 7) is 3.51. The van der Waals surface area contributed by atoms with Gasteiger partial charge in [0.25, 0.3) is 5.69 Å². The molecule has 0 spiro atoms. The first-order valence-corrected chi connectivity index (χ1v) is 8.63. The first-order chi connectivity index (χ1) is 12.9. The Bertz CT molecular complexity index is 805. The molecule has 0 aliphatic carbocycles. The van der Waals surface area contributed by atoms with Gasteiger partial charge in [0.1, 0.15) is 0 Å². The van der Waals surface area contributed by atoms with E-state index in [-0.39, 0.29) is 24.6 Å². The van der Waals surface area contributed by atoms with Gasteiger partial charge in [-0.3, -0.25) is 19.7 Å². The first-order valence-electron chi connectivity index (χ1n) is 8.63. The summed E-state index contributed by atoms with van der Waals surface area (Å²) >= 11 is 0. The highest BCUT2D eigenvalue weighted by atomic mass is 16.6. The average Bonchev–Trinajstić information content (AvgIpc) is 2.61. The number of nitro groups is 1. The van der Waals surface area contributed by atoms with Gasteiger partial charge in [0.2, 0.25) is 5.91 Å². The number of ether oxygens (including phenoxy) is 1. The van der Waals surface area contributed by atoms with E-state index in [9.17, 15) is 19.7 Å². The summed E-state index contributed by atoms with van der Waals surface area (Å²) in [7, 11) is 0. The summed E-state index contributed by atoms with van der Waals surface area (Å²) in [5.41, 5.74) is 0.966. The summed E-state index contributed by atoms with van der Waals surface area (Å²) in [6, 6.07) is 14.6. The Kier molecular flexibility index (Phi) is 7.05. The molecule has 2 aromatic rings. The average molecular weight is 370 g/mol. The largest absolute Gasteiger partial charge is 0.463 e. The van der Waals surface area contributed by atoms with Gasteiger partial charge < -0.3 is 10.1 Å². The number of para-hydroxylation sites is 1. The summed E-state index contributed by atoms with van der Waals surface area (Å²) in [4.78, 5) is 35.1. The normalized spacial score (nSPS) is 11.7. The third kappa shape index (κ3) is 6.22. The Balaban J connectivity index is 2.14. The minimum Gasteiger partial charge on any atom is -0.463 e. The van der Waals surface area contributed by atoms with Crippen LogP contribution in [0.4, 0.5) is 5.69 Å². The van der Waals surface area contributed by atoms with E-state index in [1.54, 1.807) is 44.2 Å². The van der Waals surface area contributed by atoms with E-state index >= 15 is 0 Å². The number of rotatable bonds is 8. The number of carbonyl (C=O) groups excluding carboxylic acids is 2. The van der Waals surface area contributed by atoms with Crippen molar-refractivity contribution in [3.8, 4) is 0 Å². The van der Waals surface area contributed by atoms with Gasteiger partial charge in [0.05, 0.1) is 29.9 Å². The fourth-order valence-corrected chi connectivity index (χ4v) is 2.67. The number of carbonyl (C=O) groups is 2. The molecule has 1 amide bonds. The molecule has 0 aliphatic rings. The van der Waals surface area contributed by atoms with Crippen LogP contribution in [0.1, 0.15) is 37.4 Å². The number of amides is 1. The maximum Gasteiger partial charge on any atom is 0.308 e. The lowest BCUT2D eigenvalue weighted by molar-refractivity contribution is -0.385. The molecule has 1 atom stereocenters. The van der Waals surface area contributed by atoms with E-state index < -0.39 is 22.8 Å². The van der Waals surface area contributed by atoms with Crippen LogP contribution in [0.2, 0.25) is 0 Å². The Morgan fingerprint density at radius 2 is 1.70 bits per heavy atom. The zero-order valence-electron chi connectivity index (χ0n) is 15.3. The lowest BCUT2D eigenvalue weighted by Crippen LogP contribution is -2.32. The number of benzene rings is 2. The van der Waals surface area contributed by atoms with Crippen LogP contribution in [0.25, 0.3) is 0 Å². The van der Waals surface area contributed by atoms with Crippen LogP contribution in [0, 0.1) is 10.1 Å². The van der Waals surface area contributed by atoms with Crippen LogP contribution >= 0.6 is 0 Å². The van der Waals surface area contributed by atoms with Crippen LogP contribution < -0.4 is 5.32 Å². The zero-order valence-corrected chi connectivity index (χ0v) is 15.3. The van der Waals surface area contributed by atoms with E-state index in [1.807, 2.05) is 18.2 Å². The number of hydrogen-bond donors (Lipinski definition) is 1. The third-order valence-electron chi connectivity index (χ3n) is 3.81. The van der Waals surface area contributed by atoms with Gasteiger partial charge in [-0.1, -0.05) is 48.5 Å². The van der Waals surface area contributed by atoms with Gasteiger partial charge in [-0.2, -0.15) is 0 Å². The monoisotopic (exact) mass is 370 g/mol. The van der Waals surface area contributed by atoms with Gasteiger partial charge in [-0.05, 0) is 19.4 Å². The van der Waals surface area contributed by atoms with Crippen molar-refractivity contribution in [1.29, 1.82) is 0 Å². The molecule has 1 unspecified atom stereocenters. The van der Waals surface area contributed by atoms with E-state index in [0.717, 1.165) is 5.56 Å². The summed E-state index contributed by atoms with van der Waals surface area (Å²) in [5, 5.41) is 13.9. The first kappa shape index (κ1) is 20.1. The molecule has 0 aliphatic heterocycles. The van der Waals surface area contributed by atoms with Crippen LogP contribution in [0.5, 0.6) is 0 Å². The van der Waals surface area contributed by atoms with Gasteiger partial charge in [-0.15, -0.1) is 0 Å². The fourth-order valence-electron chi connectivity index (χ4n) is 2.67. The highest BCUT2D eigenvalue weighted by Crippen LogP contribution is 2.21. The second-order valence-corrected chi connectivity index (χ2v) is 6.34. The van der Waals surface area contributed by atoms with Crippen molar-refractivity contribution >= 4 is 17.6 Å².